The molecular formula is C24H27FN4O3. The number of piperazine rings is 1. The molecule has 2 aromatic rings. The summed E-state index contributed by atoms with van der Waals surface area (Å²) >= 11 is 0. The molecule has 1 N–H and O–H groups in total. The van der Waals surface area contributed by atoms with Crippen LogP contribution in [0.1, 0.15) is 28.8 Å². The van der Waals surface area contributed by atoms with E-state index in [4.69, 9.17) is 0 Å². The van der Waals surface area contributed by atoms with Gasteiger partial charge in [0.05, 0.1) is 6.54 Å². The van der Waals surface area contributed by atoms with Crippen molar-refractivity contribution in [2.24, 2.45) is 0 Å². The maximum absolute atomic E-state index is 13.0. The molecule has 0 radical (unpaired) electrons. The van der Waals surface area contributed by atoms with Crippen LogP contribution in [0.15, 0.2) is 48.5 Å². The van der Waals surface area contributed by atoms with E-state index in [-0.39, 0.29) is 30.1 Å². The summed E-state index contributed by atoms with van der Waals surface area (Å²) in [6.07, 6.45) is 1.53. The largest absolute Gasteiger partial charge is 0.338 e. The summed E-state index contributed by atoms with van der Waals surface area (Å²) in [5, 5.41) is 2.76. The molecule has 2 aromatic carbocycles. The molecular weight excluding hydrogens is 411 g/mol. The highest BCUT2D eigenvalue weighted by Crippen LogP contribution is 2.16. The average Bonchev–Trinajstić information content (AvgIpc) is 3.20. The monoisotopic (exact) mass is 438 g/mol. The van der Waals surface area contributed by atoms with Gasteiger partial charge in [-0.05, 0) is 48.4 Å². The van der Waals surface area contributed by atoms with Crippen LogP contribution in [0.3, 0.4) is 0 Å². The summed E-state index contributed by atoms with van der Waals surface area (Å²) in [6, 6.07) is 13.1. The Labute approximate surface area is 186 Å². The zero-order valence-corrected chi connectivity index (χ0v) is 17.9. The second kappa shape index (κ2) is 9.91. The average molecular weight is 439 g/mol. The van der Waals surface area contributed by atoms with Gasteiger partial charge in [0.15, 0.2) is 0 Å². The summed E-state index contributed by atoms with van der Waals surface area (Å²) in [5.74, 6) is -0.345. The van der Waals surface area contributed by atoms with E-state index >= 15 is 0 Å². The second-order valence-electron chi connectivity index (χ2n) is 8.24. The molecule has 8 heteroatoms. The quantitative estimate of drug-likeness (QED) is 0.752. The lowest BCUT2D eigenvalue weighted by Crippen LogP contribution is -2.50. The highest BCUT2D eigenvalue weighted by atomic mass is 19.1. The molecule has 2 aliphatic rings. The smallest absolute Gasteiger partial charge is 0.253 e. The number of likely N-dealkylation sites (tertiary alicyclic amines) is 1. The normalized spacial score (nSPS) is 17.0. The van der Waals surface area contributed by atoms with Crippen LogP contribution >= 0.6 is 0 Å². The summed E-state index contributed by atoms with van der Waals surface area (Å²) < 4.78 is 13.0. The molecule has 0 atom stereocenters. The van der Waals surface area contributed by atoms with Crippen LogP contribution in [-0.2, 0) is 16.1 Å². The van der Waals surface area contributed by atoms with Gasteiger partial charge in [-0.2, -0.15) is 0 Å². The molecule has 0 bridgehead atoms. The molecule has 0 aromatic heterocycles. The Bertz CT molecular complexity index is 970. The zero-order chi connectivity index (χ0) is 22.5. The number of rotatable bonds is 6. The number of hydrogen-bond acceptors (Lipinski definition) is 4. The van der Waals surface area contributed by atoms with E-state index < -0.39 is 0 Å². The van der Waals surface area contributed by atoms with E-state index in [1.165, 1.54) is 24.3 Å². The Morgan fingerprint density at radius 2 is 1.59 bits per heavy atom. The Hall–Kier alpha value is -3.26. The highest BCUT2D eigenvalue weighted by molar-refractivity contribution is 5.94. The molecule has 2 fully saturated rings. The minimum absolute atomic E-state index is 0.0239. The van der Waals surface area contributed by atoms with E-state index in [1.807, 2.05) is 34.1 Å². The van der Waals surface area contributed by atoms with Gasteiger partial charge in [-0.15, -0.1) is 0 Å². The van der Waals surface area contributed by atoms with Crippen molar-refractivity contribution < 1.29 is 18.8 Å². The maximum atomic E-state index is 13.0. The van der Waals surface area contributed by atoms with Crippen molar-refractivity contribution in [2.75, 3.05) is 44.6 Å². The standard InChI is InChI=1S/C24H27FN4O3/c25-20-7-9-21(10-8-20)26-22(30)17-27-12-14-28(15-13-27)24(32)19-5-3-18(4-6-19)16-29-11-1-2-23(29)31/h3-10H,1-2,11-17H2,(H,26,30). The van der Waals surface area contributed by atoms with E-state index in [1.54, 1.807) is 4.90 Å². The van der Waals surface area contributed by atoms with E-state index in [0.717, 1.165) is 18.5 Å². The first-order valence-electron chi connectivity index (χ1n) is 10.9. The molecule has 7 nitrogen and oxygen atoms in total. The fraction of sp³-hybridized carbons (Fsp3) is 0.375. The predicted molar refractivity (Wildman–Crippen MR) is 118 cm³/mol. The van der Waals surface area contributed by atoms with Crippen LogP contribution in [0, 0.1) is 5.82 Å². The Balaban J connectivity index is 1.23. The third-order valence-corrected chi connectivity index (χ3v) is 5.90. The molecule has 168 valence electrons. The number of amides is 3. The lowest BCUT2D eigenvalue weighted by molar-refractivity contribution is -0.128. The van der Waals surface area contributed by atoms with Gasteiger partial charge in [-0.25, -0.2) is 4.39 Å². The topological polar surface area (TPSA) is 73.0 Å². The number of nitrogens with one attached hydrogen (secondary N) is 1. The minimum Gasteiger partial charge on any atom is -0.338 e. The van der Waals surface area contributed by atoms with Crippen molar-refractivity contribution in [3.8, 4) is 0 Å². The summed E-state index contributed by atoms with van der Waals surface area (Å²) in [4.78, 5) is 42.5. The number of nitrogens with zero attached hydrogens (tertiary/aromatic N) is 3. The van der Waals surface area contributed by atoms with Crippen molar-refractivity contribution in [2.45, 2.75) is 19.4 Å². The summed E-state index contributed by atoms with van der Waals surface area (Å²) in [6.45, 7) is 3.93. The molecule has 0 aliphatic carbocycles. The number of carbonyl (C=O) groups is 3. The molecule has 0 spiro atoms. The van der Waals surface area contributed by atoms with Gasteiger partial charge in [0, 0.05) is 56.9 Å². The van der Waals surface area contributed by atoms with Crippen LogP contribution in [0.2, 0.25) is 0 Å². The Morgan fingerprint density at radius 1 is 0.906 bits per heavy atom. The molecule has 2 saturated heterocycles. The van der Waals surface area contributed by atoms with Gasteiger partial charge in [-0.3, -0.25) is 19.3 Å². The number of benzene rings is 2. The molecule has 2 heterocycles. The third kappa shape index (κ3) is 5.50. The molecule has 0 saturated carbocycles. The van der Waals surface area contributed by atoms with Gasteiger partial charge in [0.25, 0.3) is 5.91 Å². The van der Waals surface area contributed by atoms with Crippen molar-refractivity contribution in [1.29, 1.82) is 0 Å². The molecule has 3 amide bonds. The minimum atomic E-state index is -0.347. The lowest BCUT2D eigenvalue weighted by Gasteiger charge is -2.34. The Kier molecular flexibility index (Phi) is 6.80. The number of halogens is 1. The Morgan fingerprint density at radius 3 is 2.22 bits per heavy atom. The van der Waals surface area contributed by atoms with Gasteiger partial charge in [-0.1, -0.05) is 12.1 Å². The third-order valence-electron chi connectivity index (χ3n) is 5.90. The van der Waals surface area contributed by atoms with E-state index in [2.05, 4.69) is 5.32 Å². The first-order valence-corrected chi connectivity index (χ1v) is 10.9. The van der Waals surface area contributed by atoms with Gasteiger partial charge < -0.3 is 15.1 Å². The fourth-order valence-electron chi connectivity index (χ4n) is 4.07. The van der Waals surface area contributed by atoms with Crippen LogP contribution in [0.4, 0.5) is 10.1 Å². The molecule has 0 unspecified atom stereocenters. The van der Waals surface area contributed by atoms with Gasteiger partial charge in [0.1, 0.15) is 5.82 Å². The summed E-state index contributed by atoms with van der Waals surface area (Å²) in [7, 11) is 0. The van der Waals surface area contributed by atoms with Gasteiger partial charge in [0.2, 0.25) is 11.8 Å². The number of carbonyl (C=O) groups excluding carboxylic acids is 3. The maximum Gasteiger partial charge on any atom is 0.253 e. The zero-order valence-electron chi connectivity index (χ0n) is 17.9. The predicted octanol–water partition coefficient (Wildman–Crippen LogP) is 2.34. The fourth-order valence-corrected chi connectivity index (χ4v) is 4.07. The van der Waals surface area contributed by atoms with Crippen LogP contribution in [0.25, 0.3) is 0 Å². The van der Waals surface area contributed by atoms with Crippen molar-refractivity contribution in [1.82, 2.24) is 14.7 Å². The van der Waals surface area contributed by atoms with E-state index in [9.17, 15) is 18.8 Å². The second-order valence-corrected chi connectivity index (χ2v) is 8.24. The van der Waals surface area contributed by atoms with Crippen LogP contribution in [0.5, 0.6) is 0 Å². The van der Waals surface area contributed by atoms with Crippen molar-refractivity contribution in [3.05, 3.63) is 65.5 Å². The molecule has 4 rings (SSSR count). The van der Waals surface area contributed by atoms with Crippen LogP contribution in [-0.4, -0.2) is 71.7 Å². The van der Waals surface area contributed by atoms with Crippen molar-refractivity contribution in [3.63, 3.8) is 0 Å². The number of anilines is 1. The molecule has 2 aliphatic heterocycles. The first-order chi connectivity index (χ1) is 15.5. The lowest BCUT2D eigenvalue weighted by atomic mass is 10.1. The highest BCUT2D eigenvalue weighted by Gasteiger charge is 2.24. The SMILES string of the molecule is O=C(CN1CCN(C(=O)c2ccc(CN3CCCC3=O)cc2)CC1)Nc1ccc(F)cc1. The van der Waals surface area contributed by atoms with Crippen LogP contribution < -0.4 is 5.32 Å². The van der Waals surface area contributed by atoms with Gasteiger partial charge >= 0.3 is 0 Å². The van der Waals surface area contributed by atoms with Crippen molar-refractivity contribution >= 4 is 23.4 Å². The number of hydrogen-bond donors (Lipinski definition) is 1. The molecule has 32 heavy (non-hydrogen) atoms. The first kappa shape index (κ1) is 22.0. The van der Waals surface area contributed by atoms with E-state index in [0.29, 0.717) is 50.4 Å². The summed E-state index contributed by atoms with van der Waals surface area (Å²) in [5.41, 5.74) is 2.21.